The van der Waals surface area contributed by atoms with Gasteiger partial charge in [0.2, 0.25) is 5.56 Å². The van der Waals surface area contributed by atoms with E-state index in [9.17, 15) is 4.79 Å². The van der Waals surface area contributed by atoms with Crippen LogP contribution in [0.3, 0.4) is 0 Å². The van der Waals surface area contributed by atoms with Gasteiger partial charge in [-0.2, -0.15) is 0 Å². The number of H-pyrrole nitrogens is 1. The van der Waals surface area contributed by atoms with Crippen LogP contribution in [0.25, 0.3) is 6.08 Å². The Bertz CT molecular complexity index is 1100. The van der Waals surface area contributed by atoms with Gasteiger partial charge in [0.15, 0.2) is 0 Å². The number of fused-ring (bicyclic) bond motifs is 4. The fourth-order valence-electron chi connectivity index (χ4n) is 4.99. The van der Waals surface area contributed by atoms with Crippen molar-refractivity contribution < 1.29 is 0 Å². The highest BCUT2D eigenvalue weighted by atomic mass is 16.1. The van der Waals surface area contributed by atoms with Crippen molar-refractivity contribution in [2.75, 3.05) is 0 Å². The zero-order chi connectivity index (χ0) is 20.4. The number of aromatic nitrogens is 1. The summed E-state index contributed by atoms with van der Waals surface area (Å²) < 4.78 is 0. The predicted molar refractivity (Wildman–Crippen MR) is 121 cm³/mol. The summed E-state index contributed by atoms with van der Waals surface area (Å²) >= 11 is 0. The fraction of sp³-hybridized carbons (Fsp3) is 0.308. The summed E-state index contributed by atoms with van der Waals surface area (Å²) in [7, 11) is 0. The van der Waals surface area contributed by atoms with E-state index < -0.39 is 5.54 Å². The molecule has 2 aromatic rings. The van der Waals surface area contributed by atoms with Crippen LogP contribution in [0, 0.1) is 5.92 Å². The molecule has 2 atom stereocenters. The van der Waals surface area contributed by atoms with Gasteiger partial charge in [-0.15, -0.1) is 0 Å². The van der Waals surface area contributed by atoms with Crippen molar-refractivity contribution in [3.05, 3.63) is 98.5 Å². The van der Waals surface area contributed by atoms with Crippen LogP contribution in [-0.4, -0.2) is 11.2 Å². The number of aromatic amines is 1. The lowest BCUT2D eigenvalue weighted by Crippen LogP contribution is -2.40. The van der Waals surface area contributed by atoms with Gasteiger partial charge in [-0.3, -0.25) is 9.79 Å². The molecule has 2 bridgehead atoms. The molecular weight excluding hydrogens is 356 g/mol. The van der Waals surface area contributed by atoms with Crippen molar-refractivity contribution in [3.8, 4) is 0 Å². The molecule has 0 amide bonds. The first kappa shape index (κ1) is 19.4. The first-order valence-corrected chi connectivity index (χ1v) is 10.4. The molecule has 1 N–H and O–H groups in total. The summed E-state index contributed by atoms with van der Waals surface area (Å²) in [6, 6.07) is 12.1. The third-order valence-corrected chi connectivity index (χ3v) is 6.17. The van der Waals surface area contributed by atoms with E-state index in [0.29, 0.717) is 5.92 Å². The number of nitrogens with one attached hydrogen (secondary N) is 1. The Balaban J connectivity index is 1.77. The largest absolute Gasteiger partial charge is 0.326 e. The van der Waals surface area contributed by atoms with Crippen LogP contribution in [0.1, 0.15) is 49.6 Å². The quantitative estimate of drug-likeness (QED) is 0.558. The van der Waals surface area contributed by atoms with E-state index in [1.54, 1.807) is 6.07 Å². The molecule has 0 saturated heterocycles. The van der Waals surface area contributed by atoms with Gasteiger partial charge >= 0.3 is 0 Å². The zero-order valence-electron chi connectivity index (χ0n) is 17.4. The van der Waals surface area contributed by atoms with E-state index in [1.165, 1.54) is 22.3 Å². The minimum absolute atomic E-state index is 0.0401. The third kappa shape index (κ3) is 3.46. The predicted octanol–water partition coefficient (Wildman–Crippen LogP) is 5.39. The third-order valence-electron chi connectivity index (χ3n) is 6.17. The monoisotopic (exact) mass is 384 g/mol. The molecule has 2 aliphatic rings. The van der Waals surface area contributed by atoms with Gasteiger partial charge in [0.25, 0.3) is 0 Å². The van der Waals surface area contributed by atoms with Crippen LogP contribution >= 0.6 is 0 Å². The number of benzene rings is 1. The summed E-state index contributed by atoms with van der Waals surface area (Å²) in [4.78, 5) is 20.1. The number of allylic oxidation sites excluding steroid dienone is 3. The maximum atomic E-state index is 11.9. The Morgan fingerprint density at radius 3 is 2.86 bits per heavy atom. The molecule has 0 saturated carbocycles. The van der Waals surface area contributed by atoms with Gasteiger partial charge < -0.3 is 4.98 Å². The number of pyridine rings is 1. The molecule has 3 nitrogen and oxygen atoms in total. The molecule has 3 heteroatoms. The molecular formula is C26H28N2O. The van der Waals surface area contributed by atoms with Gasteiger partial charge in [0.05, 0.1) is 0 Å². The summed E-state index contributed by atoms with van der Waals surface area (Å²) in [6.07, 6.45) is 13.4. The lowest BCUT2D eigenvalue weighted by molar-refractivity contribution is 0.413. The maximum absolute atomic E-state index is 11.9. The average Bonchev–Trinajstić information content (AvgIpc) is 2.70. The minimum Gasteiger partial charge on any atom is -0.326 e. The van der Waals surface area contributed by atoms with Gasteiger partial charge in [-0.05, 0) is 55.5 Å². The molecule has 0 aliphatic heterocycles. The summed E-state index contributed by atoms with van der Waals surface area (Å²) in [5.41, 5.74) is 6.95. The standard InChI is InChI=1S/C26H28N2O/c1-4-19-9-6-7-10-20(19)11-8-14-27-26-17-18(3)15-21(22(26)5-2)16-24-23(26)12-13-25(29)28-24/h5-15,21H,4,16-17H2,1-3H3,(H,28,29). The first-order chi connectivity index (χ1) is 14.1. The van der Waals surface area contributed by atoms with Crippen LogP contribution in [0.15, 0.2) is 75.6 Å². The Hall–Kier alpha value is -2.94. The van der Waals surface area contributed by atoms with Gasteiger partial charge in [0.1, 0.15) is 5.54 Å². The van der Waals surface area contributed by atoms with E-state index in [1.807, 2.05) is 18.4 Å². The second-order valence-corrected chi connectivity index (χ2v) is 8.01. The second kappa shape index (κ2) is 7.82. The summed E-state index contributed by atoms with van der Waals surface area (Å²) in [5, 5.41) is 0. The topological polar surface area (TPSA) is 45.2 Å². The van der Waals surface area contributed by atoms with Crippen molar-refractivity contribution >= 4 is 12.3 Å². The number of nitrogens with zero attached hydrogens (tertiary/aromatic N) is 1. The van der Waals surface area contributed by atoms with Crippen LogP contribution in [0.5, 0.6) is 0 Å². The molecule has 4 rings (SSSR count). The van der Waals surface area contributed by atoms with E-state index in [0.717, 1.165) is 30.5 Å². The van der Waals surface area contributed by atoms with Crippen LogP contribution in [0.4, 0.5) is 0 Å². The zero-order valence-corrected chi connectivity index (χ0v) is 17.4. The molecule has 29 heavy (non-hydrogen) atoms. The summed E-state index contributed by atoms with van der Waals surface area (Å²) in [6.45, 7) is 6.47. The normalized spacial score (nSPS) is 24.9. The average molecular weight is 385 g/mol. The highest BCUT2D eigenvalue weighted by Gasteiger charge is 2.46. The van der Waals surface area contributed by atoms with Crippen molar-refractivity contribution in [3.63, 3.8) is 0 Å². The van der Waals surface area contributed by atoms with E-state index in [4.69, 9.17) is 4.99 Å². The molecule has 0 fully saturated rings. The molecule has 148 valence electrons. The fourth-order valence-corrected chi connectivity index (χ4v) is 4.99. The van der Waals surface area contributed by atoms with Crippen molar-refractivity contribution in [1.82, 2.24) is 4.98 Å². The molecule has 2 unspecified atom stereocenters. The maximum Gasteiger partial charge on any atom is 0.248 e. The molecule has 0 radical (unpaired) electrons. The van der Waals surface area contributed by atoms with Crippen molar-refractivity contribution in [1.29, 1.82) is 0 Å². The second-order valence-electron chi connectivity index (χ2n) is 8.01. The molecule has 0 spiro atoms. The van der Waals surface area contributed by atoms with Crippen LogP contribution in [0.2, 0.25) is 0 Å². The number of aliphatic imine (C=N–C) groups is 1. The summed E-state index contributed by atoms with van der Waals surface area (Å²) in [5.74, 6) is 0.293. The lowest BCUT2D eigenvalue weighted by atomic mass is 9.63. The van der Waals surface area contributed by atoms with E-state index in [2.05, 4.69) is 68.2 Å². The van der Waals surface area contributed by atoms with E-state index >= 15 is 0 Å². The van der Waals surface area contributed by atoms with Crippen molar-refractivity contribution in [2.45, 2.75) is 45.6 Å². The first-order valence-electron chi connectivity index (χ1n) is 10.4. The lowest BCUT2D eigenvalue weighted by Gasteiger charge is -2.45. The Kier molecular flexibility index (Phi) is 5.23. The highest BCUT2D eigenvalue weighted by Crippen LogP contribution is 2.51. The minimum atomic E-state index is -0.426. The van der Waals surface area contributed by atoms with Crippen LogP contribution < -0.4 is 5.56 Å². The van der Waals surface area contributed by atoms with Crippen LogP contribution in [-0.2, 0) is 18.4 Å². The molecule has 1 aromatic carbocycles. The SMILES string of the molecule is CC=C1C2C=C(C)CC1(N=CC=Cc1ccccc1CC)c1ccc(=O)[nH]c1C2. The number of rotatable bonds is 4. The number of hydrogen-bond donors (Lipinski definition) is 1. The van der Waals surface area contributed by atoms with Gasteiger partial charge in [-0.25, -0.2) is 0 Å². The highest BCUT2D eigenvalue weighted by molar-refractivity contribution is 5.80. The molecule has 1 aromatic heterocycles. The van der Waals surface area contributed by atoms with Gasteiger partial charge in [0, 0.05) is 35.9 Å². The Labute approximate surface area is 172 Å². The Morgan fingerprint density at radius 2 is 2.07 bits per heavy atom. The van der Waals surface area contributed by atoms with Crippen molar-refractivity contribution in [2.24, 2.45) is 10.9 Å². The molecule has 2 aliphatic carbocycles. The Morgan fingerprint density at radius 1 is 1.24 bits per heavy atom. The molecule has 1 heterocycles. The van der Waals surface area contributed by atoms with Gasteiger partial charge in [-0.1, -0.05) is 55.0 Å². The number of aryl methyl sites for hydroxylation is 1. The smallest absolute Gasteiger partial charge is 0.248 e. The number of hydrogen-bond acceptors (Lipinski definition) is 2. The van der Waals surface area contributed by atoms with E-state index in [-0.39, 0.29) is 5.56 Å².